The zero-order valence-corrected chi connectivity index (χ0v) is 24.5. The molecule has 2 aliphatic heterocycles. The zero-order chi connectivity index (χ0) is 33.1. The standard InChI is InChI=1S/C30H18F7N3O4S2/c31-15-11-9-14(10-12-15)21-22-23(26(43)40(25(22)42)19-8-4-2-6-17(19)30(35,36)37)45-27-24(21)46-28(44)39(27)13-20(41)38-18-7-3-1-5-16(18)29(32,33)34/h1-12,21-23H,13H2,(H,38,41). The molecule has 0 aliphatic carbocycles. The van der Waals surface area contributed by atoms with E-state index in [0.29, 0.717) is 28.0 Å². The van der Waals surface area contributed by atoms with E-state index in [1.54, 1.807) is 0 Å². The smallest absolute Gasteiger partial charge is 0.324 e. The number of hydrogen-bond acceptors (Lipinski definition) is 6. The van der Waals surface area contributed by atoms with Crippen molar-refractivity contribution in [2.45, 2.75) is 35.1 Å². The summed E-state index contributed by atoms with van der Waals surface area (Å²) in [5.74, 6) is -6.02. The summed E-state index contributed by atoms with van der Waals surface area (Å²) in [6, 6.07) is 13.1. The van der Waals surface area contributed by atoms with Crippen LogP contribution in [0.3, 0.4) is 0 Å². The summed E-state index contributed by atoms with van der Waals surface area (Å²) in [4.78, 5) is 53.8. The summed E-state index contributed by atoms with van der Waals surface area (Å²) in [5.41, 5.74) is -3.29. The molecule has 0 radical (unpaired) electrons. The fourth-order valence-electron chi connectivity index (χ4n) is 5.60. The second-order valence-electron chi connectivity index (χ2n) is 10.3. The number of anilines is 2. The number of carbonyl (C=O) groups is 3. The van der Waals surface area contributed by atoms with Crippen LogP contribution in [0.2, 0.25) is 0 Å². The molecule has 1 aromatic heterocycles. The van der Waals surface area contributed by atoms with Crippen molar-refractivity contribution in [1.82, 2.24) is 4.57 Å². The van der Waals surface area contributed by atoms with Gasteiger partial charge in [0, 0.05) is 10.8 Å². The number of aromatic nitrogens is 1. The Bertz CT molecular complexity index is 1940. The van der Waals surface area contributed by atoms with E-state index in [9.17, 15) is 49.9 Å². The van der Waals surface area contributed by atoms with Crippen LogP contribution in [0.15, 0.2) is 82.6 Å². The number of fused-ring (bicyclic) bond motifs is 2. The van der Waals surface area contributed by atoms with Crippen molar-refractivity contribution in [2.75, 3.05) is 10.2 Å². The Labute approximate surface area is 262 Å². The molecule has 1 N–H and O–H groups in total. The number of thioether (sulfide) groups is 1. The molecule has 1 saturated heterocycles. The zero-order valence-electron chi connectivity index (χ0n) is 22.9. The predicted molar refractivity (Wildman–Crippen MR) is 154 cm³/mol. The Kier molecular flexibility index (Phi) is 7.83. The highest BCUT2D eigenvalue weighted by Gasteiger charge is 2.57. The summed E-state index contributed by atoms with van der Waals surface area (Å²) in [6.45, 7) is -0.778. The van der Waals surface area contributed by atoms with Crippen molar-refractivity contribution in [3.05, 3.63) is 110 Å². The van der Waals surface area contributed by atoms with Gasteiger partial charge in [0.2, 0.25) is 17.7 Å². The molecule has 2 aliphatic rings. The van der Waals surface area contributed by atoms with Gasteiger partial charge in [-0.25, -0.2) is 9.29 Å². The summed E-state index contributed by atoms with van der Waals surface area (Å²) >= 11 is 1.31. The number of nitrogens with one attached hydrogen (secondary N) is 1. The van der Waals surface area contributed by atoms with Crippen LogP contribution in [0.5, 0.6) is 0 Å². The van der Waals surface area contributed by atoms with E-state index in [4.69, 9.17) is 0 Å². The molecule has 1 fully saturated rings. The van der Waals surface area contributed by atoms with Crippen LogP contribution in [0, 0.1) is 11.7 Å². The highest BCUT2D eigenvalue weighted by molar-refractivity contribution is 8.00. The Morgan fingerprint density at radius 2 is 1.41 bits per heavy atom. The minimum Gasteiger partial charge on any atom is -0.324 e. The van der Waals surface area contributed by atoms with Gasteiger partial charge in [-0.3, -0.25) is 23.7 Å². The molecule has 0 bridgehead atoms. The number of halogens is 7. The van der Waals surface area contributed by atoms with E-state index in [2.05, 4.69) is 5.32 Å². The van der Waals surface area contributed by atoms with Crippen LogP contribution in [0.25, 0.3) is 0 Å². The second kappa shape index (κ2) is 11.4. The first kappa shape index (κ1) is 31.5. The largest absolute Gasteiger partial charge is 0.418 e. The number of thiazole rings is 1. The highest BCUT2D eigenvalue weighted by Crippen LogP contribution is 2.54. The number of rotatable bonds is 5. The van der Waals surface area contributed by atoms with E-state index in [-0.39, 0.29) is 15.5 Å². The van der Waals surface area contributed by atoms with Crippen molar-refractivity contribution in [3.63, 3.8) is 0 Å². The summed E-state index contributed by atoms with van der Waals surface area (Å²) in [6.07, 6.45) is -9.70. The number of imide groups is 1. The Hall–Kier alpha value is -4.44. The van der Waals surface area contributed by atoms with Crippen molar-refractivity contribution < 1.29 is 45.1 Å². The number of carbonyl (C=O) groups excluding carboxylic acids is 3. The van der Waals surface area contributed by atoms with Gasteiger partial charge in [0.1, 0.15) is 17.6 Å². The lowest BCUT2D eigenvalue weighted by molar-refractivity contribution is -0.138. The van der Waals surface area contributed by atoms with Gasteiger partial charge in [-0.05, 0) is 42.0 Å². The van der Waals surface area contributed by atoms with Gasteiger partial charge in [-0.1, -0.05) is 59.5 Å². The number of nitrogens with zero attached hydrogens (tertiary/aromatic N) is 2. The lowest BCUT2D eigenvalue weighted by Crippen LogP contribution is -2.33. The molecule has 238 valence electrons. The number of hydrogen-bond donors (Lipinski definition) is 1. The molecule has 3 aromatic carbocycles. The molecule has 3 amide bonds. The summed E-state index contributed by atoms with van der Waals surface area (Å²) in [5, 5.41) is 0.832. The second-order valence-corrected chi connectivity index (χ2v) is 12.5. The van der Waals surface area contributed by atoms with Crippen molar-refractivity contribution in [1.29, 1.82) is 0 Å². The molecule has 6 rings (SSSR count). The summed E-state index contributed by atoms with van der Waals surface area (Å²) in [7, 11) is 0. The number of benzene rings is 3. The maximum absolute atomic E-state index is 13.9. The van der Waals surface area contributed by atoms with Crippen molar-refractivity contribution in [2.24, 2.45) is 5.92 Å². The van der Waals surface area contributed by atoms with E-state index in [1.807, 2.05) is 0 Å². The third-order valence-corrected chi connectivity index (χ3v) is 10.1. The molecular formula is C30H18F7N3O4S2. The first-order chi connectivity index (χ1) is 21.7. The number of para-hydroxylation sites is 2. The van der Waals surface area contributed by atoms with Crippen LogP contribution in [-0.4, -0.2) is 27.5 Å². The van der Waals surface area contributed by atoms with E-state index in [0.717, 1.165) is 53.1 Å². The Morgan fingerprint density at radius 1 is 0.804 bits per heavy atom. The third kappa shape index (κ3) is 5.48. The van der Waals surface area contributed by atoms with Gasteiger partial charge in [0.05, 0.1) is 33.4 Å². The normalized spacial score (nSPS) is 19.6. The lowest BCUT2D eigenvalue weighted by Gasteiger charge is -2.30. The molecule has 3 heterocycles. The first-order valence-corrected chi connectivity index (χ1v) is 15.0. The maximum Gasteiger partial charge on any atom is 0.418 e. The molecule has 4 aromatic rings. The van der Waals surface area contributed by atoms with E-state index in [1.165, 1.54) is 24.3 Å². The van der Waals surface area contributed by atoms with Gasteiger partial charge < -0.3 is 5.32 Å². The van der Waals surface area contributed by atoms with Crippen molar-refractivity contribution >= 4 is 52.2 Å². The SMILES string of the molecule is O=C(Cn1c2c(sc1=O)C(c1ccc(F)cc1)C1C(=O)N(c3ccccc3C(F)(F)F)C(=O)C1S2)Nc1ccccc1C(F)(F)F. The minimum atomic E-state index is -4.91. The van der Waals surface area contributed by atoms with Crippen LogP contribution in [-0.2, 0) is 33.3 Å². The fourth-order valence-corrected chi connectivity index (χ4v) is 8.38. The predicted octanol–water partition coefficient (Wildman–Crippen LogP) is 6.52. The van der Waals surface area contributed by atoms with Gasteiger partial charge in [-0.15, -0.1) is 0 Å². The Morgan fingerprint density at radius 3 is 2.07 bits per heavy atom. The van der Waals surface area contributed by atoms with Gasteiger partial charge in [0.15, 0.2) is 0 Å². The van der Waals surface area contributed by atoms with Crippen LogP contribution in [0.1, 0.15) is 27.5 Å². The molecule has 46 heavy (non-hydrogen) atoms. The molecule has 16 heteroatoms. The molecule has 0 saturated carbocycles. The van der Waals surface area contributed by atoms with E-state index >= 15 is 0 Å². The van der Waals surface area contributed by atoms with Crippen LogP contribution < -0.4 is 15.1 Å². The molecule has 7 nitrogen and oxygen atoms in total. The highest BCUT2D eigenvalue weighted by atomic mass is 32.2. The fraction of sp³-hybridized carbons (Fsp3) is 0.200. The Balaban J connectivity index is 1.42. The average molecular weight is 682 g/mol. The third-order valence-electron chi connectivity index (χ3n) is 7.54. The topological polar surface area (TPSA) is 88.5 Å². The minimum absolute atomic E-state index is 0.0388. The lowest BCUT2D eigenvalue weighted by atomic mass is 9.83. The van der Waals surface area contributed by atoms with Crippen LogP contribution in [0.4, 0.5) is 42.1 Å². The monoisotopic (exact) mass is 681 g/mol. The van der Waals surface area contributed by atoms with Gasteiger partial charge in [-0.2, -0.15) is 26.3 Å². The van der Waals surface area contributed by atoms with Crippen molar-refractivity contribution in [3.8, 4) is 0 Å². The molecule has 0 spiro atoms. The molecule has 3 unspecified atom stereocenters. The van der Waals surface area contributed by atoms with Gasteiger partial charge in [0.25, 0.3) is 0 Å². The van der Waals surface area contributed by atoms with Gasteiger partial charge >= 0.3 is 17.2 Å². The average Bonchev–Trinajstić information content (AvgIpc) is 3.43. The first-order valence-electron chi connectivity index (χ1n) is 13.3. The number of alkyl halides is 6. The quantitative estimate of drug-likeness (QED) is 0.192. The van der Waals surface area contributed by atoms with Crippen LogP contribution >= 0.6 is 23.1 Å². The molecule has 3 atom stereocenters. The maximum atomic E-state index is 13.9. The molecular weight excluding hydrogens is 663 g/mol. The number of amides is 3. The summed E-state index contributed by atoms with van der Waals surface area (Å²) < 4.78 is 97.0. The van der Waals surface area contributed by atoms with E-state index < -0.39 is 86.9 Å².